The number of benzene rings is 1. The summed E-state index contributed by atoms with van der Waals surface area (Å²) in [4.78, 5) is 2.48. The number of likely N-dealkylation sites (N-methyl/N-ethyl adjacent to an activating group) is 1. The van der Waals surface area contributed by atoms with Crippen molar-refractivity contribution in [1.82, 2.24) is 9.21 Å². The second kappa shape index (κ2) is 6.24. The number of nitrogens with zero attached hydrogens (tertiary/aromatic N) is 2. The van der Waals surface area contributed by atoms with Crippen LogP contribution in [0.5, 0.6) is 0 Å². The number of rotatable bonds is 4. The molecule has 1 aromatic rings. The van der Waals surface area contributed by atoms with E-state index in [4.69, 9.17) is 11.6 Å². The lowest BCUT2D eigenvalue weighted by atomic mass is 10.1. The molecule has 1 fully saturated rings. The average Bonchev–Trinajstić information content (AvgIpc) is 2.89. The summed E-state index contributed by atoms with van der Waals surface area (Å²) in [5.41, 5.74) is 2.70. The van der Waals surface area contributed by atoms with E-state index in [9.17, 15) is 8.42 Å². The lowest BCUT2D eigenvalue weighted by Gasteiger charge is -2.21. The molecule has 0 radical (unpaired) electrons. The molecule has 0 aromatic heterocycles. The standard InChI is InChI=1S/C15H23ClN2O2S/c1-11-7-12(2)15(8-13(11)9-16)21(19,20)18-6-5-14(10-18)17(3)4/h7-8,14H,5-6,9-10H2,1-4H3. The van der Waals surface area contributed by atoms with Gasteiger partial charge >= 0.3 is 0 Å². The van der Waals surface area contributed by atoms with E-state index in [-0.39, 0.29) is 6.04 Å². The smallest absolute Gasteiger partial charge is 0.243 e. The Morgan fingerprint density at radius 1 is 1.29 bits per heavy atom. The molecule has 2 rings (SSSR count). The van der Waals surface area contributed by atoms with Crippen LogP contribution in [0.1, 0.15) is 23.1 Å². The Morgan fingerprint density at radius 2 is 1.95 bits per heavy atom. The molecule has 21 heavy (non-hydrogen) atoms. The Labute approximate surface area is 132 Å². The number of hydrogen-bond acceptors (Lipinski definition) is 3. The van der Waals surface area contributed by atoms with Crippen LogP contribution in [0.25, 0.3) is 0 Å². The summed E-state index contributed by atoms with van der Waals surface area (Å²) in [6, 6.07) is 3.93. The van der Waals surface area contributed by atoms with Gasteiger partial charge in [0, 0.05) is 25.0 Å². The van der Waals surface area contributed by atoms with E-state index in [2.05, 4.69) is 4.90 Å². The van der Waals surface area contributed by atoms with E-state index in [0.717, 1.165) is 23.1 Å². The maximum absolute atomic E-state index is 12.9. The van der Waals surface area contributed by atoms with Crippen molar-refractivity contribution in [2.45, 2.75) is 37.1 Å². The van der Waals surface area contributed by atoms with Gasteiger partial charge in [0.15, 0.2) is 0 Å². The van der Waals surface area contributed by atoms with Crippen LogP contribution in [-0.4, -0.2) is 50.8 Å². The largest absolute Gasteiger partial charge is 0.305 e. The molecule has 0 bridgehead atoms. The van der Waals surface area contributed by atoms with Gasteiger partial charge in [-0.1, -0.05) is 6.07 Å². The minimum Gasteiger partial charge on any atom is -0.305 e. The first kappa shape index (κ1) is 16.7. The van der Waals surface area contributed by atoms with Crippen molar-refractivity contribution in [3.63, 3.8) is 0 Å². The topological polar surface area (TPSA) is 40.6 Å². The van der Waals surface area contributed by atoms with E-state index in [1.54, 1.807) is 10.4 Å². The second-order valence-corrected chi connectivity index (χ2v) is 8.12. The molecule has 1 aliphatic rings. The molecule has 1 heterocycles. The molecule has 1 atom stereocenters. The van der Waals surface area contributed by atoms with Gasteiger partial charge in [-0.2, -0.15) is 4.31 Å². The highest BCUT2D eigenvalue weighted by Crippen LogP contribution is 2.27. The Balaban J connectivity index is 2.37. The van der Waals surface area contributed by atoms with E-state index >= 15 is 0 Å². The normalized spacial score (nSPS) is 20.4. The van der Waals surface area contributed by atoms with Gasteiger partial charge in [-0.05, 0) is 57.1 Å². The zero-order valence-electron chi connectivity index (χ0n) is 13.1. The molecule has 1 saturated heterocycles. The van der Waals surface area contributed by atoms with Gasteiger partial charge < -0.3 is 4.90 Å². The Hall–Kier alpha value is -0.620. The van der Waals surface area contributed by atoms with Crippen molar-refractivity contribution in [1.29, 1.82) is 0 Å². The molecule has 1 aromatic carbocycles. The summed E-state index contributed by atoms with van der Waals surface area (Å²) in [7, 11) is 0.542. The van der Waals surface area contributed by atoms with Crippen LogP contribution >= 0.6 is 11.6 Å². The van der Waals surface area contributed by atoms with E-state index in [1.165, 1.54) is 0 Å². The predicted molar refractivity (Wildman–Crippen MR) is 86.3 cm³/mol. The van der Waals surface area contributed by atoms with Crippen LogP contribution in [0.4, 0.5) is 0 Å². The Kier molecular flexibility index (Phi) is 4.98. The second-order valence-electron chi connectivity index (χ2n) is 5.95. The minimum atomic E-state index is -3.44. The van der Waals surface area contributed by atoms with Crippen LogP contribution in [0.3, 0.4) is 0 Å². The molecule has 1 aliphatic heterocycles. The lowest BCUT2D eigenvalue weighted by Crippen LogP contribution is -2.34. The molecule has 0 spiro atoms. The first-order chi connectivity index (χ1) is 9.77. The van der Waals surface area contributed by atoms with Crippen molar-refractivity contribution < 1.29 is 8.42 Å². The van der Waals surface area contributed by atoms with Gasteiger partial charge in [0.25, 0.3) is 0 Å². The maximum atomic E-state index is 12.9. The quantitative estimate of drug-likeness (QED) is 0.796. The predicted octanol–water partition coefficient (Wildman–Crippen LogP) is 2.37. The van der Waals surface area contributed by atoms with Crippen molar-refractivity contribution in [2.75, 3.05) is 27.2 Å². The lowest BCUT2D eigenvalue weighted by molar-refractivity contribution is 0.302. The fraction of sp³-hybridized carbons (Fsp3) is 0.600. The summed E-state index contributed by atoms with van der Waals surface area (Å²) >= 11 is 5.92. The fourth-order valence-corrected chi connectivity index (χ4v) is 4.82. The molecule has 1 unspecified atom stereocenters. The van der Waals surface area contributed by atoms with Crippen LogP contribution in [0.2, 0.25) is 0 Å². The van der Waals surface area contributed by atoms with Crippen molar-refractivity contribution in [2.24, 2.45) is 0 Å². The van der Waals surface area contributed by atoms with Crippen molar-refractivity contribution in [3.8, 4) is 0 Å². The number of alkyl halides is 1. The summed E-state index contributed by atoms with van der Waals surface area (Å²) in [5.74, 6) is 0.328. The van der Waals surface area contributed by atoms with Crippen molar-refractivity contribution in [3.05, 3.63) is 28.8 Å². The van der Waals surface area contributed by atoms with Gasteiger partial charge in [-0.15, -0.1) is 11.6 Å². The van der Waals surface area contributed by atoms with E-state index in [1.807, 2.05) is 34.0 Å². The highest BCUT2D eigenvalue weighted by atomic mass is 35.5. The molecule has 0 N–H and O–H groups in total. The first-order valence-electron chi connectivity index (χ1n) is 7.10. The Bertz CT molecular complexity index is 629. The highest BCUT2D eigenvalue weighted by molar-refractivity contribution is 7.89. The number of hydrogen-bond donors (Lipinski definition) is 0. The SMILES string of the molecule is Cc1cc(C)c(S(=O)(=O)N2CCC(N(C)C)C2)cc1CCl. The van der Waals surface area contributed by atoms with Gasteiger partial charge in [0.05, 0.1) is 4.90 Å². The van der Waals surface area contributed by atoms with Crippen LogP contribution in [-0.2, 0) is 15.9 Å². The third kappa shape index (κ3) is 3.26. The van der Waals surface area contributed by atoms with Crippen LogP contribution < -0.4 is 0 Å². The minimum absolute atomic E-state index is 0.290. The molecule has 0 amide bonds. The molecule has 0 saturated carbocycles. The molecular formula is C15H23ClN2O2S. The van der Waals surface area contributed by atoms with Crippen molar-refractivity contribution >= 4 is 21.6 Å². The van der Waals surface area contributed by atoms with Crippen LogP contribution in [0.15, 0.2) is 17.0 Å². The average molecular weight is 331 g/mol. The third-order valence-electron chi connectivity index (χ3n) is 4.25. The van der Waals surface area contributed by atoms with E-state index < -0.39 is 10.0 Å². The molecule has 118 valence electrons. The van der Waals surface area contributed by atoms with Gasteiger partial charge in [-0.3, -0.25) is 0 Å². The number of halogens is 1. The monoisotopic (exact) mass is 330 g/mol. The number of sulfonamides is 1. The number of aryl methyl sites for hydroxylation is 2. The Morgan fingerprint density at radius 3 is 2.48 bits per heavy atom. The first-order valence-corrected chi connectivity index (χ1v) is 9.07. The summed E-state index contributed by atoms with van der Waals surface area (Å²) in [5, 5.41) is 0. The van der Waals surface area contributed by atoms with Crippen LogP contribution in [0, 0.1) is 13.8 Å². The summed E-state index contributed by atoms with van der Waals surface area (Å²) in [6.07, 6.45) is 0.875. The zero-order chi connectivity index (χ0) is 15.8. The van der Waals surface area contributed by atoms with E-state index in [0.29, 0.717) is 23.9 Å². The highest BCUT2D eigenvalue weighted by Gasteiger charge is 2.34. The third-order valence-corrected chi connectivity index (χ3v) is 6.55. The molecular weight excluding hydrogens is 308 g/mol. The summed E-state index contributed by atoms with van der Waals surface area (Å²) < 4.78 is 27.3. The molecule has 0 aliphatic carbocycles. The summed E-state index contributed by atoms with van der Waals surface area (Å²) in [6.45, 7) is 4.93. The maximum Gasteiger partial charge on any atom is 0.243 e. The fourth-order valence-electron chi connectivity index (χ4n) is 2.79. The van der Waals surface area contributed by atoms with Gasteiger partial charge in [0.1, 0.15) is 0 Å². The van der Waals surface area contributed by atoms with Gasteiger partial charge in [-0.25, -0.2) is 8.42 Å². The zero-order valence-corrected chi connectivity index (χ0v) is 14.6. The van der Waals surface area contributed by atoms with Gasteiger partial charge in [0.2, 0.25) is 10.0 Å². The molecule has 6 heteroatoms. The molecule has 4 nitrogen and oxygen atoms in total.